The van der Waals surface area contributed by atoms with Crippen molar-refractivity contribution >= 4 is 17.7 Å². The van der Waals surface area contributed by atoms with Crippen molar-refractivity contribution in [2.24, 2.45) is 5.11 Å². The van der Waals surface area contributed by atoms with Gasteiger partial charge in [0.2, 0.25) is 0 Å². The lowest BCUT2D eigenvalue weighted by Crippen LogP contribution is -2.25. The Morgan fingerprint density at radius 2 is 2.20 bits per heavy atom. The summed E-state index contributed by atoms with van der Waals surface area (Å²) in [6.45, 7) is 6.02. The molecule has 0 atom stereocenters. The number of carbonyl (C=O) groups is 1. The second-order valence-electron chi connectivity index (χ2n) is 3.95. The first kappa shape index (κ1) is 14.1. The van der Waals surface area contributed by atoms with Crippen LogP contribution in [0.15, 0.2) is 5.11 Å². The molecule has 0 aliphatic rings. The molecule has 0 aliphatic heterocycles. The molecule has 0 aromatic heterocycles. The molecule has 0 saturated carbocycles. The SMILES string of the molecule is CC(C)(C)OC(=O)CSCCCN=[N+]=[N-]. The molecule has 0 saturated heterocycles. The van der Waals surface area contributed by atoms with Crippen LogP contribution in [0.1, 0.15) is 27.2 Å². The highest BCUT2D eigenvalue weighted by Crippen LogP contribution is 2.10. The summed E-state index contributed by atoms with van der Waals surface area (Å²) in [5.74, 6) is 0.961. The summed E-state index contributed by atoms with van der Waals surface area (Å²) >= 11 is 1.49. The van der Waals surface area contributed by atoms with Gasteiger partial charge in [-0.15, -0.1) is 0 Å². The zero-order chi connectivity index (χ0) is 11.7. The molecule has 0 radical (unpaired) electrons. The second kappa shape index (κ2) is 7.43. The quantitative estimate of drug-likeness (QED) is 0.232. The summed E-state index contributed by atoms with van der Waals surface area (Å²) in [7, 11) is 0. The van der Waals surface area contributed by atoms with E-state index >= 15 is 0 Å². The summed E-state index contributed by atoms with van der Waals surface area (Å²) in [4.78, 5) is 13.9. The average Bonchev–Trinajstić information content (AvgIpc) is 2.08. The number of azide groups is 1. The maximum atomic E-state index is 11.2. The predicted molar refractivity (Wildman–Crippen MR) is 61.8 cm³/mol. The first-order valence-electron chi connectivity index (χ1n) is 4.76. The van der Waals surface area contributed by atoms with Crippen LogP contribution in [-0.2, 0) is 9.53 Å². The van der Waals surface area contributed by atoms with E-state index in [0.29, 0.717) is 12.3 Å². The third kappa shape index (κ3) is 11.1. The van der Waals surface area contributed by atoms with E-state index in [1.807, 2.05) is 20.8 Å². The highest BCUT2D eigenvalue weighted by Gasteiger charge is 2.15. The van der Waals surface area contributed by atoms with E-state index in [-0.39, 0.29) is 5.97 Å². The summed E-state index contributed by atoms with van der Waals surface area (Å²) < 4.78 is 5.12. The largest absolute Gasteiger partial charge is 0.459 e. The molecule has 0 spiro atoms. The molecule has 0 N–H and O–H groups in total. The first-order valence-corrected chi connectivity index (χ1v) is 5.91. The van der Waals surface area contributed by atoms with Gasteiger partial charge in [0.15, 0.2) is 0 Å². The van der Waals surface area contributed by atoms with Crippen molar-refractivity contribution in [3.8, 4) is 0 Å². The summed E-state index contributed by atoms with van der Waals surface area (Å²) in [6, 6.07) is 0. The van der Waals surface area contributed by atoms with E-state index < -0.39 is 5.60 Å². The third-order valence-electron chi connectivity index (χ3n) is 1.25. The zero-order valence-corrected chi connectivity index (χ0v) is 10.2. The molecule has 0 aliphatic carbocycles. The lowest BCUT2D eigenvalue weighted by molar-refractivity contribution is -0.151. The molecule has 0 aromatic rings. The molecule has 0 fully saturated rings. The molecule has 15 heavy (non-hydrogen) atoms. The van der Waals surface area contributed by atoms with Gasteiger partial charge in [-0.1, -0.05) is 5.11 Å². The molecule has 0 heterocycles. The minimum atomic E-state index is -0.414. The Bertz CT molecular complexity index is 244. The zero-order valence-electron chi connectivity index (χ0n) is 9.39. The van der Waals surface area contributed by atoms with Gasteiger partial charge in [-0.3, -0.25) is 4.79 Å². The monoisotopic (exact) mass is 231 g/mol. The summed E-state index contributed by atoms with van der Waals surface area (Å²) in [5, 5.41) is 3.40. The fraction of sp³-hybridized carbons (Fsp3) is 0.889. The molecule has 0 unspecified atom stereocenters. The van der Waals surface area contributed by atoms with Crippen LogP contribution in [0.2, 0.25) is 0 Å². The standard InChI is InChI=1S/C9H17N3O2S/c1-9(2,3)14-8(13)7-15-6-4-5-11-12-10/h4-7H2,1-3H3. The van der Waals surface area contributed by atoms with Crippen LogP contribution in [0.5, 0.6) is 0 Å². The van der Waals surface area contributed by atoms with Gasteiger partial charge in [0.1, 0.15) is 5.60 Å². The summed E-state index contributed by atoms with van der Waals surface area (Å²) in [5.41, 5.74) is 7.60. The smallest absolute Gasteiger partial charge is 0.316 e. The Hall–Kier alpha value is -0.870. The number of hydrogen-bond acceptors (Lipinski definition) is 4. The Morgan fingerprint density at radius 3 is 2.73 bits per heavy atom. The van der Waals surface area contributed by atoms with Crippen LogP contribution < -0.4 is 0 Å². The van der Waals surface area contributed by atoms with Crippen molar-refractivity contribution in [1.82, 2.24) is 0 Å². The normalized spacial score (nSPS) is 10.6. The van der Waals surface area contributed by atoms with Gasteiger partial charge >= 0.3 is 5.97 Å². The number of thioether (sulfide) groups is 1. The number of esters is 1. The number of rotatable bonds is 6. The van der Waals surface area contributed by atoms with Gasteiger partial charge < -0.3 is 4.74 Å². The van der Waals surface area contributed by atoms with Crippen LogP contribution in [0.3, 0.4) is 0 Å². The van der Waals surface area contributed by atoms with Gasteiger partial charge in [0.05, 0.1) is 5.75 Å². The van der Waals surface area contributed by atoms with Gasteiger partial charge in [-0.25, -0.2) is 0 Å². The fourth-order valence-corrected chi connectivity index (χ4v) is 1.51. The van der Waals surface area contributed by atoms with E-state index in [9.17, 15) is 4.79 Å². The van der Waals surface area contributed by atoms with Crippen LogP contribution in [0.25, 0.3) is 10.4 Å². The Balaban J connectivity index is 3.43. The van der Waals surface area contributed by atoms with E-state index in [0.717, 1.165) is 12.2 Å². The van der Waals surface area contributed by atoms with Gasteiger partial charge in [-0.05, 0) is 38.5 Å². The first-order chi connectivity index (χ1) is 6.95. The van der Waals surface area contributed by atoms with Crippen molar-refractivity contribution in [2.75, 3.05) is 18.1 Å². The minimum absolute atomic E-state index is 0.198. The topological polar surface area (TPSA) is 75.1 Å². The van der Waals surface area contributed by atoms with Gasteiger partial charge in [0.25, 0.3) is 0 Å². The van der Waals surface area contributed by atoms with E-state index in [1.54, 1.807) is 0 Å². The molecular weight excluding hydrogens is 214 g/mol. The van der Waals surface area contributed by atoms with Crippen molar-refractivity contribution in [3.05, 3.63) is 10.4 Å². The molecule has 0 bridgehead atoms. The molecular formula is C9H17N3O2S. The van der Waals surface area contributed by atoms with Crippen molar-refractivity contribution in [1.29, 1.82) is 0 Å². The molecule has 0 amide bonds. The lowest BCUT2D eigenvalue weighted by Gasteiger charge is -2.19. The van der Waals surface area contributed by atoms with Crippen LogP contribution in [0.4, 0.5) is 0 Å². The van der Waals surface area contributed by atoms with Crippen LogP contribution in [0, 0.1) is 0 Å². The van der Waals surface area contributed by atoms with Gasteiger partial charge in [-0.2, -0.15) is 11.8 Å². The average molecular weight is 231 g/mol. The maximum absolute atomic E-state index is 11.2. The highest BCUT2D eigenvalue weighted by atomic mass is 32.2. The fourth-order valence-electron chi connectivity index (χ4n) is 0.809. The third-order valence-corrected chi connectivity index (χ3v) is 2.27. The Morgan fingerprint density at radius 1 is 1.53 bits per heavy atom. The van der Waals surface area contributed by atoms with E-state index in [1.165, 1.54) is 11.8 Å². The van der Waals surface area contributed by atoms with E-state index in [4.69, 9.17) is 10.3 Å². The minimum Gasteiger partial charge on any atom is -0.459 e. The second-order valence-corrected chi connectivity index (χ2v) is 5.05. The molecule has 6 heteroatoms. The number of carbonyl (C=O) groups excluding carboxylic acids is 1. The molecule has 0 rings (SSSR count). The van der Waals surface area contributed by atoms with Crippen LogP contribution >= 0.6 is 11.8 Å². The predicted octanol–water partition coefficient (Wildman–Crippen LogP) is 2.76. The van der Waals surface area contributed by atoms with Gasteiger partial charge in [0, 0.05) is 11.5 Å². The number of nitrogens with zero attached hydrogens (tertiary/aromatic N) is 3. The molecule has 5 nitrogen and oxygen atoms in total. The van der Waals surface area contributed by atoms with Crippen LogP contribution in [-0.4, -0.2) is 29.6 Å². The molecule has 0 aromatic carbocycles. The van der Waals surface area contributed by atoms with E-state index in [2.05, 4.69) is 10.0 Å². The highest BCUT2D eigenvalue weighted by molar-refractivity contribution is 7.99. The molecule has 86 valence electrons. The van der Waals surface area contributed by atoms with Crippen molar-refractivity contribution < 1.29 is 9.53 Å². The van der Waals surface area contributed by atoms with Crippen molar-refractivity contribution in [2.45, 2.75) is 32.8 Å². The number of hydrogen-bond donors (Lipinski definition) is 0. The lowest BCUT2D eigenvalue weighted by atomic mass is 10.2. The van der Waals surface area contributed by atoms with Crippen molar-refractivity contribution in [3.63, 3.8) is 0 Å². The number of ether oxygens (including phenoxy) is 1. The summed E-state index contributed by atoms with van der Waals surface area (Å²) in [6.07, 6.45) is 0.789. The maximum Gasteiger partial charge on any atom is 0.316 e. The Kier molecular flexibility index (Phi) is 6.99. The Labute approximate surface area is 94.2 Å².